The summed E-state index contributed by atoms with van der Waals surface area (Å²) in [6, 6.07) is 8.40. The molecule has 3 N–H and O–H groups in total. The lowest BCUT2D eigenvalue weighted by atomic mass is 9.97. The molecule has 2 aromatic rings. The van der Waals surface area contributed by atoms with E-state index in [1.54, 1.807) is 18.3 Å². The smallest absolute Gasteiger partial charge is 0.128 e. The van der Waals surface area contributed by atoms with Crippen LogP contribution in [0.5, 0.6) is 0 Å². The van der Waals surface area contributed by atoms with Crippen molar-refractivity contribution >= 4 is 5.82 Å². The Kier molecular flexibility index (Phi) is 4.12. The number of nitrogen functional groups attached to an aromatic ring is 1. The Labute approximate surface area is 112 Å². The molecule has 100 valence electrons. The van der Waals surface area contributed by atoms with Crippen molar-refractivity contribution in [2.75, 3.05) is 12.3 Å². The van der Waals surface area contributed by atoms with Crippen molar-refractivity contribution in [1.82, 2.24) is 10.3 Å². The molecular formula is C15H18FN3. The van der Waals surface area contributed by atoms with Crippen molar-refractivity contribution in [1.29, 1.82) is 0 Å². The second-order valence-electron chi connectivity index (χ2n) is 4.50. The van der Waals surface area contributed by atoms with Crippen LogP contribution < -0.4 is 11.1 Å². The van der Waals surface area contributed by atoms with E-state index in [2.05, 4.69) is 10.3 Å². The van der Waals surface area contributed by atoms with Gasteiger partial charge in [-0.1, -0.05) is 25.1 Å². The molecule has 0 saturated carbocycles. The molecule has 2 rings (SSSR count). The summed E-state index contributed by atoms with van der Waals surface area (Å²) < 4.78 is 14.0. The molecule has 0 radical (unpaired) electrons. The van der Waals surface area contributed by atoms with E-state index in [9.17, 15) is 4.39 Å². The van der Waals surface area contributed by atoms with Gasteiger partial charge < -0.3 is 11.1 Å². The molecule has 0 spiro atoms. The molecule has 0 amide bonds. The highest BCUT2D eigenvalue weighted by Gasteiger charge is 2.19. The van der Waals surface area contributed by atoms with Gasteiger partial charge in [0.25, 0.3) is 0 Å². The maximum Gasteiger partial charge on any atom is 0.128 e. The number of hydrogen-bond donors (Lipinski definition) is 2. The van der Waals surface area contributed by atoms with Gasteiger partial charge >= 0.3 is 0 Å². The Morgan fingerprint density at radius 3 is 2.74 bits per heavy atom. The van der Waals surface area contributed by atoms with E-state index >= 15 is 0 Å². The highest BCUT2D eigenvalue weighted by atomic mass is 19.1. The van der Waals surface area contributed by atoms with Crippen LogP contribution >= 0.6 is 0 Å². The normalized spacial score (nSPS) is 12.4. The Morgan fingerprint density at radius 1 is 1.32 bits per heavy atom. The lowest BCUT2D eigenvalue weighted by molar-refractivity contribution is 0.559. The minimum atomic E-state index is -0.279. The van der Waals surface area contributed by atoms with Gasteiger partial charge in [-0.3, -0.25) is 0 Å². The van der Waals surface area contributed by atoms with E-state index in [-0.39, 0.29) is 11.9 Å². The molecule has 1 unspecified atom stereocenters. The average molecular weight is 259 g/mol. The maximum atomic E-state index is 14.0. The second kappa shape index (κ2) is 5.80. The SMILES string of the molecule is CCNC(c1ccccc1F)c1cc(C)cnc1N. The predicted molar refractivity (Wildman–Crippen MR) is 75.3 cm³/mol. The maximum absolute atomic E-state index is 14.0. The quantitative estimate of drug-likeness (QED) is 0.887. The van der Waals surface area contributed by atoms with Gasteiger partial charge in [0.2, 0.25) is 0 Å². The number of nitrogens with zero attached hydrogens (tertiary/aromatic N) is 1. The van der Waals surface area contributed by atoms with E-state index in [0.717, 1.165) is 11.1 Å². The molecule has 3 nitrogen and oxygen atoms in total. The van der Waals surface area contributed by atoms with Crippen LogP contribution in [0, 0.1) is 12.7 Å². The predicted octanol–water partition coefficient (Wildman–Crippen LogP) is 2.81. The summed E-state index contributed by atoms with van der Waals surface area (Å²) in [6.45, 7) is 4.64. The third kappa shape index (κ3) is 2.90. The first kappa shape index (κ1) is 13.5. The molecule has 1 atom stereocenters. The number of aryl methyl sites for hydroxylation is 1. The molecule has 1 aromatic carbocycles. The van der Waals surface area contributed by atoms with Crippen molar-refractivity contribution in [3.05, 3.63) is 59.0 Å². The highest BCUT2D eigenvalue weighted by molar-refractivity contribution is 5.47. The van der Waals surface area contributed by atoms with Crippen LogP contribution in [0.4, 0.5) is 10.2 Å². The van der Waals surface area contributed by atoms with Gasteiger partial charge in [-0.15, -0.1) is 0 Å². The third-order valence-corrected chi connectivity index (χ3v) is 3.02. The van der Waals surface area contributed by atoms with Crippen LogP contribution in [-0.4, -0.2) is 11.5 Å². The fourth-order valence-electron chi connectivity index (χ4n) is 2.13. The summed E-state index contributed by atoms with van der Waals surface area (Å²) >= 11 is 0. The zero-order valence-corrected chi connectivity index (χ0v) is 11.2. The monoisotopic (exact) mass is 259 g/mol. The molecular weight excluding hydrogens is 241 g/mol. The first-order valence-corrected chi connectivity index (χ1v) is 6.33. The third-order valence-electron chi connectivity index (χ3n) is 3.02. The van der Waals surface area contributed by atoms with E-state index < -0.39 is 0 Å². The van der Waals surface area contributed by atoms with Crippen LogP contribution in [0.15, 0.2) is 36.5 Å². The molecule has 0 aliphatic rings. The number of nitrogens with one attached hydrogen (secondary N) is 1. The molecule has 1 aromatic heterocycles. The number of hydrogen-bond acceptors (Lipinski definition) is 3. The topological polar surface area (TPSA) is 50.9 Å². The minimum absolute atomic E-state index is 0.241. The van der Waals surface area contributed by atoms with Crippen molar-refractivity contribution in [3.63, 3.8) is 0 Å². The molecule has 0 aliphatic heterocycles. The lowest BCUT2D eigenvalue weighted by Crippen LogP contribution is -2.24. The summed E-state index contributed by atoms with van der Waals surface area (Å²) in [4.78, 5) is 4.15. The number of benzene rings is 1. The molecule has 19 heavy (non-hydrogen) atoms. The first-order valence-electron chi connectivity index (χ1n) is 6.33. The molecule has 1 heterocycles. The van der Waals surface area contributed by atoms with E-state index in [4.69, 9.17) is 5.73 Å². The Hall–Kier alpha value is -1.94. The minimum Gasteiger partial charge on any atom is -0.383 e. The summed E-state index contributed by atoms with van der Waals surface area (Å²) in [7, 11) is 0. The number of rotatable bonds is 4. The van der Waals surface area contributed by atoms with Gasteiger partial charge in [0.15, 0.2) is 0 Å². The summed E-state index contributed by atoms with van der Waals surface area (Å²) in [6.07, 6.45) is 1.71. The molecule has 0 fully saturated rings. The fraction of sp³-hybridized carbons (Fsp3) is 0.267. The van der Waals surface area contributed by atoms with Gasteiger partial charge in [0.05, 0.1) is 6.04 Å². The molecule has 0 aliphatic carbocycles. The number of anilines is 1. The van der Waals surface area contributed by atoms with Crippen LogP contribution in [-0.2, 0) is 0 Å². The van der Waals surface area contributed by atoms with Crippen LogP contribution in [0.3, 0.4) is 0 Å². The average Bonchev–Trinajstić information content (AvgIpc) is 2.40. The van der Waals surface area contributed by atoms with Gasteiger partial charge in [-0.25, -0.2) is 9.37 Å². The van der Waals surface area contributed by atoms with Gasteiger partial charge in [0, 0.05) is 17.3 Å². The second-order valence-corrected chi connectivity index (χ2v) is 4.50. The zero-order valence-electron chi connectivity index (χ0n) is 11.2. The van der Waals surface area contributed by atoms with Crippen molar-refractivity contribution in [2.24, 2.45) is 0 Å². The van der Waals surface area contributed by atoms with Gasteiger partial charge in [0.1, 0.15) is 11.6 Å². The number of halogens is 1. The van der Waals surface area contributed by atoms with Crippen LogP contribution in [0.25, 0.3) is 0 Å². The Morgan fingerprint density at radius 2 is 2.05 bits per heavy atom. The van der Waals surface area contributed by atoms with E-state index in [1.165, 1.54) is 6.07 Å². The molecule has 0 bridgehead atoms. The van der Waals surface area contributed by atoms with Crippen LogP contribution in [0.2, 0.25) is 0 Å². The van der Waals surface area contributed by atoms with Crippen molar-refractivity contribution in [2.45, 2.75) is 19.9 Å². The molecule has 4 heteroatoms. The number of nitrogens with two attached hydrogens (primary N) is 1. The van der Waals surface area contributed by atoms with Crippen molar-refractivity contribution in [3.8, 4) is 0 Å². The summed E-state index contributed by atoms with van der Waals surface area (Å²) in [5.74, 6) is 0.189. The highest BCUT2D eigenvalue weighted by Crippen LogP contribution is 2.27. The lowest BCUT2D eigenvalue weighted by Gasteiger charge is -2.21. The van der Waals surface area contributed by atoms with Gasteiger partial charge in [-0.2, -0.15) is 0 Å². The Bertz CT molecular complexity index is 569. The number of pyridine rings is 1. The number of aromatic nitrogens is 1. The van der Waals surface area contributed by atoms with E-state index in [0.29, 0.717) is 17.9 Å². The van der Waals surface area contributed by atoms with Crippen LogP contribution in [0.1, 0.15) is 29.7 Å². The van der Waals surface area contributed by atoms with Gasteiger partial charge in [-0.05, 0) is 31.2 Å². The van der Waals surface area contributed by atoms with E-state index in [1.807, 2.05) is 26.0 Å². The standard InChI is InChI=1S/C15H18FN3/c1-3-18-14(11-6-4-5-7-13(11)16)12-8-10(2)9-19-15(12)17/h4-9,14,18H,3H2,1-2H3,(H2,17,19). The first-order chi connectivity index (χ1) is 9.13. The summed E-state index contributed by atoms with van der Waals surface area (Å²) in [5, 5.41) is 3.26. The largest absolute Gasteiger partial charge is 0.383 e. The summed E-state index contributed by atoms with van der Waals surface area (Å²) in [5.41, 5.74) is 8.34. The molecule has 0 saturated heterocycles. The zero-order chi connectivity index (χ0) is 13.8. The van der Waals surface area contributed by atoms with Crippen molar-refractivity contribution < 1.29 is 4.39 Å². The fourth-order valence-corrected chi connectivity index (χ4v) is 2.13. The Balaban J connectivity index is 2.51.